The summed E-state index contributed by atoms with van der Waals surface area (Å²) in [5.74, 6) is 0.577. The van der Waals surface area contributed by atoms with Crippen molar-refractivity contribution >= 4 is 34.6 Å². The molecule has 8 nitrogen and oxygen atoms in total. The maximum absolute atomic E-state index is 12.1. The van der Waals surface area contributed by atoms with Crippen molar-refractivity contribution in [2.24, 2.45) is 0 Å². The number of aromatic nitrogens is 2. The number of nitrogens with zero attached hydrogens (tertiary/aromatic N) is 3. The lowest BCUT2D eigenvalue weighted by molar-refractivity contribution is -0.119. The molecule has 1 aliphatic heterocycles. The summed E-state index contributed by atoms with van der Waals surface area (Å²) in [5, 5.41) is 7.01. The largest absolute Gasteiger partial charge is 0.497 e. The van der Waals surface area contributed by atoms with Crippen LogP contribution in [0.2, 0.25) is 0 Å². The van der Waals surface area contributed by atoms with E-state index in [-0.39, 0.29) is 24.6 Å². The minimum absolute atomic E-state index is 0.00356. The molecule has 4 aromatic rings. The fourth-order valence-electron chi connectivity index (χ4n) is 4.82. The molecule has 1 saturated heterocycles. The second-order valence-electron chi connectivity index (χ2n) is 8.98. The standard InChI is InChI=1S/C29H29N5O3S/c1-19-16-21(12-13-23(19)31-26(35)18-36-2)34-28(27(32-29(34)38)24-10-4-5-14-30-24)25-11-7-15-33(25)20-8-6-9-22(17-20)37-3/h4-17,27-28H,18H2,1-3H3,(H,31,35)(H,32,38)/t27-,28-/m0/s1. The van der Waals surface area contributed by atoms with E-state index >= 15 is 0 Å². The molecule has 0 saturated carbocycles. The van der Waals surface area contributed by atoms with Crippen LogP contribution in [0.25, 0.3) is 5.69 Å². The van der Waals surface area contributed by atoms with Crippen molar-refractivity contribution in [2.45, 2.75) is 19.0 Å². The highest BCUT2D eigenvalue weighted by Gasteiger charge is 2.42. The van der Waals surface area contributed by atoms with Gasteiger partial charge in [0.1, 0.15) is 18.4 Å². The summed E-state index contributed by atoms with van der Waals surface area (Å²) in [5.41, 5.74) is 5.46. The van der Waals surface area contributed by atoms with E-state index in [1.54, 1.807) is 13.3 Å². The Balaban J connectivity index is 1.59. The fourth-order valence-corrected chi connectivity index (χ4v) is 5.17. The number of amides is 1. The molecule has 3 heterocycles. The number of nitrogens with one attached hydrogen (secondary N) is 2. The first-order valence-corrected chi connectivity index (χ1v) is 12.6. The van der Waals surface area contributed by atoms with Gasteiger partial charge >= 0.3 is 0 Å². The van der Waals surface area contributed by atoms with Crippen LogP contribution in [0.15, 0.2) is 85.2 Å². The predicted molar refractivity (Wildman–Crippen MR) is 152 cm³/mol. The number of pyridine rings is 1. The van der Waals surface area contributed by atoms with E-state index in [0.717, 1.165) is 39.8 Å². The van der Waals surface area contributed by atoms with Gasteiger partial charge in [-0.2, -0.15) is 0 Å². The van der Waals surface area contributed by atoms with Gasteiger partial charge in [0, 0.05) is 48.3 Å². The number of aryl methyl sites for hydroxylation is 1. The Morgan fingerprint density at radius 2 is 1.92 bits per heavy atom. The average molecular weight is 528 g/mol. The van der Waals surface area contributed by atoms with E-state index in [1.165, 1.54) is 7.11 Å². The molecule has 2 N–H and O–H groups in total. The lowest BCUT2D eigenvalue weighted by atomic mass is 10.00. The molecule has 2 aromatic heterocycles. The molecular weight excluding hydrogens is 498 g/mol. The van der Waals surface area contributed by atoms with Crippen LogP contribution >= 0.6 is 12.2 Å². The highest BCUT2D eigenvalue weighted by Crippen LogP contribution is 2.43. The Morgan fingerprint density at radius 3 is 2.66 bits per heavy atom. The number of anilines is 2. The third-order valence-electron chi connectivity index (χ3n) is 6.55. The molecular formula is C29H29N5O3S. The molecule has 2 atom stereocenters. The first kappa shape index (κ1) is 25.4. The maximum Gasteiger partial charge on any atom is 0.250 e. The van der Waals surface area contributed by atoms with E-state index in [4.69, 9.17) is 21.7 Å². The van der Waals surface area contributed by atoms with Crippen LogP contribution in [0.4, 0.5) is 11.4 Å². The summed E-state index contributed by atoms with van der Waals surface area (Å²) >= 11 is 5.90. The zero-order valence-electron chi connectivity index (χ0n) is 21.4. The summed E-state index contributed by atoms with van der Waals surface area (Å²) in [4.78, 5) is 18.9. The van der Waals surface area contributed by atoms with Gasteiger partial charge in [0.15, 0.2) is 5.11 Å². The van der Waals surface area contributed by atoms with Crippen LogP contribution in [0.3, 0.4) is 0 Å². The summed E-state index contributed by atoms with van der Waals surface area (Å²) in [7, 11) is 3.16. The summed E-state index contributed by atoms with van der Waals surface area (Å²) in [6, 6.07) is 23.5. The number of carbonyl (C=O) groups excluding carboxylic acids is 1. The van der Waals surface area contributed by atoms with Gasteiger partial charge in [-0.3, -0.25) is 9.78 Å². The highest BCUT2D eigenvalue weighted by molar-refractivity contribution is 7.80. The molecule has 0 bridgehead atoms. The van der Waals surface area contributed by atoms with Crippen molar-refractivity contribution in [3.63, 3.8) is 0 Å². The number of ether oxygens (including phenoxy) is 2. The van der Waals surface area contributed by atoms with Crippen molar-refractivity contribution in [2.75, 3.05) is 31.0 Å². The smallest absolute Gasteiger partial charge is 0.250 e. The Morgan fingerprint density at radius 1 is 1.05 bits per heavy atom. The summed E-state index contributed by atoms with van der Waals surface area (Å²) < 4.78 is 12.6. The van der Waals surface area contributed by atoms with Crippen LogP contribution in [-0.2, 0) is 9.53 Å². The lowest BCUT2D eigenvalue weighted by Crippen LogP contribution is -2.30. The molecule has 194 valence electrons. The van der Waals surface area contributed by atoms with E-state index in [0.29, 0.717) is 5.11 Å². The molecule has 2 aromatic carbocycles. The van der Waals surface area contributed by atoms with Crippen molar-refractivity contribution in [1.29, 1.82) is 0 Å². The second-order valence-corrected chi connectivity index (χ2v) is 9.37. The Labute approximate surface area is 227 Å². The first-order chi connectivity index (χ1) is 18.5. The van der Waals surface area contributed by atoms with Gasteiger partial charge in [0.05, 0.1) is 18.8 Å². The number of rotatable bonds is 8. The van der Waals surface area contributed by atoms with Crippen LogP contribution in [-0.4, -0.2) is 41.4 Å². The normalized spacial score (nSPS) is 16.8. The summed E-state index contributed by atoms with van der Waals surface area (Å²) in [6.07, 6.45) is 3.83. The Bertz CT molecular complexity index is 1460. The Kier molecular flexibility index (Phi) is 7.39. The number of benzene rings is 2. The molecule has 0 spiro atoms. The van der Waals surface area contributed by atoms with Crippen LogP contribution in [0, 0.1) is 6.92 Å². The zero-order valence-corrected chi connectivity index (χ0v) is 22.2. The number of thiocarbonyl (C=S) groups is 1. The highest BCUT2D eigenvalue weighted by atomic mass is 32.1. The van der Waals surface area contributed by atoms with Crippen LogP contribution < -0.4 is 20.3 Å². The minimum atomic E-state index is -0.203. The molecule has 1 aliphatic rings. The maximum atomic E-state index is 12.1. The van der Waals surface area contributed by atoms with Gasteiger partial charge in [0.25, 0.3) is 0 Å². The molecule has 0 aliphatic carbocycles. The number of hydrogen-bond donors (Lipinski definition) is 2. The van der Waals surface area contributed by atoms with Crippen molar-refractivity contribution < 1.29 is 14.3 Å². The topological polar surface area (TPSA) is 80.7 Å². The second kappa shape index (κ2) is 11.0. The SMILES string of the molecule is COCC(=O)Nc1ccc(N2C(=S)N[C@@H](c3ccccn3)[C@@H]2c2cccn2-c2cccc(OC)c2)cc1C. The van der Waals surface area contributed by atoms with Crippen LogP contribution in [0.1, 0.15) is 29.0 Å². The van der Waals surface area contributed by atoms with Gasteiger partial charge in [-0.1, -0.05) is 12.1 Å². The van der Waals surface area contributed by atoms with Crippen LogP contribution in [0.5, 0.6) is 5.75 Å². The molecule has 0 radical (unpaired) electrons. The van der Waals surface area contributed by atoms with E-state index in [1.807, 2.05) is 73.8 Å². The van der Waals surface area contributed by atoms with E-state index < -0.39 is 0 Å². The number of hydrogen-bond acceptors (Lipinski definition) is 5. The number of carbonyl (C=O) groups is 1. The third kappa shape index (κ3) is 4.98. The van der Waals surface area contributed by atoms with Gasteiger partial charge in [-0.15, -0.1) is 0 Å². The molecule has 38 heavy (non-hydrogen) atoms. The lowest BCUT2D eigenvalue weighted by Gasteiger charge is -2.29. The quantitative estimate of drug-likeness (QED) is 0.314. The molecule has 9 heteroatoms. The van der Waals surface area contributed by atoms with Gasteiger partial charge in [-0.05, 0) is 79.3 Å². The predicted octanol–water partition coefficient (Wildman–Crippen LogP) is 4.95. The van der Waals surface area contributed by atoms with Gasteiger partial charge in [0.2, 0.25) is 5.91 Å². The average Bonchev–Trinajstić information content (AvgIpc) is 3.55. The molecule has 1 amide bonds. The summed E-state index contributed by atoms with van der Waals surface area (Å²) in [6.45, 7) is 1.96. The zero-order chi connectivity index (χ0) is 26.6. The van der Waals surface area contributed by atoms with Gasteiger partial charge < -0.3 is 29.6 Å². The Hall–Kier alpha value is -4.21. The fraction of sp³-hybridized carbons (Fsp3) is 0.207. The van der Waals surface area contributed by atoms with Gasteiger partial charge in [-0.25, -0.2) is 0 Å². The van der Waals surface area contributed by atoms with Crippen molar-refractivity contribution in [3.8, 4) is 11.4 Å². The molecule has 1 fully saturated rings. The van der Waals surface area contributed by atoms with Crippen molar-refractivity contribution in [3.05, 3.63) is 102 Å². The molecule has 0 unspecified atom stereocenters. The first-order valence-electron chi connectivity index (χ1n) is 12.2. The number of methoxy groups -OCH3 is 2. The van der Waals surface area contributed by atoms with Crippen molar-refractivity contribution in [1.82, 2.24) is 14.9 Å². The molecule has 5 rings (SSSR count). The minimum Gasteiger partial charge on any atom is -0.497 e. The monoisotopic (exact) mass is 527 g/mol. The van der Waals surface area contributed by atoms with E-state index in [2.05, 4.69) is 37.2 Å². The third-order valence-corrected chi connectivity index (χ3v) is 6.87. The van der Waals surface area contributed by atoms with E-state index in [9.17, 15) is 4.79 Å².